The van der Waals surface area contributed by atoms with Crippen molar-refractivity contribution in [1.82, 2.24) is 14.6 Å². The summed E-state index contributed by atoms with van der Waals surface area (Å²) in [6.07, 6.45) is 1.61. The average Bonchev–Trinajstić information content (AvgIpc) is 3.11. The second-order valence-electron chi connectivity index (χ2n) is 6.56. The van der Waals surface area contributed by atoms with Crippen LogP contribution in [0.15, 0.2) is 30.6 Å². The number of morpholine rings is 1. The highest BCUT2D eigenvalue weighted by Gasteiger charge is 2.37. The fourth-order valence-electron chi connectivity index (χ4n) is 3.69. The van der Waals surface area contributed by atoms with E-state index in [0.29, 0.717) is 4.96 Å². The molecule has 3 atom stereocenters. The molecule has 25 heavy (non-hydrogen) atoms. The molecule has 1 saturated heterocycles. The number of fused-ring (bicyclic) bond motifs is 1. The number of benzene rings is 1. The molecule has 6 nitrogen and oxygen atoms in total. The Kier molecular flexibility index (Phi) is 4.18. The maximum Gasteiger partial charge on any atom is 0.235 e. The Bertz CT molecular complexity index is 886. The number of hydrogen-bond donors (Lipinski definition) is 2. The Labute approximate surface area is 148 Å². The minimum absolute atomic E-state index is 0.0751. The molecule has 0 aliphatic carbocycles. The number of nitrogens with one attached hydrogen (secondary N) is 1. The van der Waals surface area contributed by atoms with E-state index in [1.54, 1.807) is 6.07 Å². The predicted octanol–water partition coefficient (Wildman–Crippen LogP) is 1.42. The van der Waals surface area contributed by atoms with Gasteiger partial charge in [0.1, 0.15) is 42.3 Å². The zero-order valence-electron chi connectivity index (χ0n) is 14.0. The first-order valence-electron chi connectivity index (χ1n) is 8.30. The summed E-state index contributed by atoms with van der Waals surface area (Å²) in [6, 6.07) is 6.39. The molecule has 132 valence electrons. The van der Waals surface area contributed by atoms with E-state index in [1.807, 2.05) is 19.9 Å². The third-order valence-corrected chi connectivity index (χ3v) is 5.65. The van der Waals surface area contributed by atoms with Gasteiger partial charge in [0.25, 0.3) is 0 Å². The van der Waals surface area contributed by atoms with Crippen molar-refractivity contribution in [1.29, 1.82) is 0 Å². The van der Waals surface area contributed by atoms with Crippen LogP contribution in [0.4, 0.5) is 4.39 Å². The van der Waals surface area contributed by atoms with E-state index in [4.69, 9.17) is 4.74 Å². The summed E-state index contributed by atoms with van der Waals surface area (Å²) in [7, 11) is 0. The van der Waals surface area contributed by atoms with Gasteiger partial charge in [-0.3, -0.25) is 0 Å². The fraction of sp³-hybridized carbons (Fsp3) is 0.412. The Morgan fingerprint density at radius 3 is 2.80 bits per heavy atom. The summed E-state index contributed by atoms with van der Waals surface area (Å²) in [6.45, 7) is 5.64. The molecule has 1 aliphatic heterocycles. The van der Waals surface area contributed by atoms with Gasteiger partial charge in [0, 0.05) is 5.56 Å². The highest BCUT2D eigenvalue weighted by Crippen LogP contribution is 2.35. The minimum atomic E-state index is -0.282. The topological polar surface area (TPSA) is 64.1 Å². The van der Waals surface area contributed by atoms with Gasteiger partial charge in [-0.25, -0.2) is 9.37 Å². The van der Waals surface area contributed by atoms with Crippen LogP contribution in [-0.2, 0) is 4.74 Å². The highest BCUT2D eigenvalue weighted by atomic mass is 32.1. The number of nitrogens with zero attached hydrogens (tertiary/aromatic N) is 3. The van der Waals surface area contributed by atoms with Gasteiger partial charge in [0.15, 0.2) is 6.04 Å². The highest BCUT2D eigenvalue weighted by molar-refractivity contribution is 7.17. The van der Waals surface area contributed by atoms with Gasteiger partial charge in [-0.2, -0.15) is 9.61 Å². The minimum Gasteiger partial charge on any atom is -0.492 e. The van der Waals surface area contributed by atoms with Crippen LogP contribution in [0.5, 0.6) is 5.88 Å². The lowest BCUT2D eigenvalue weighted by atomic mass is 10.0. The quantitative estimate of drug-likeness (QED) is 0.739. The van der Waals surface area contributed by atoms with Crippen molar-refractivity contribution in [2.45, 2.75) is 32.1 Å². The molecule has 1 aromatic carbocycles. The summed E-state index contributed by atoms with van der Waals surface area (Å²) >= 11 is 1.39. The first-order chi connectivity index (χ1) is 12.0. The lowest BCUT2D eigenvalue weighted by Gasteiger charge is -2.37. The lowest BCUT2D eigenvalue weighted by molar-refractivity contribution is -0.939. The molecular weight excluding hydrogens is 343 g/mol. The van der Waals surface area contributed by atoms with Crippen molar-refractivity contribution >= 4 is 16.3 Å². The van der Waals surface area contributed by atoms with Crippen molar-refractivity contribution in [3.63, 3.8) is 0 Å². The molecule has 0 bridgehead atoms. The zero-order chi connectivity index (χ0) is 17.6. The standard InChI is InChI=1S/C17H19FN4O2S/c1-10-7-21(8-11(2)24-10)14(12-4-3-5-13(18)6-12)15-16(23)22-17(25-15)19-9-20-22/h3-6,9-11,14,23H,7-8H2,1-2H3/p+1/t10-,11-,14+/m1/s1. The van der Waals surface area contributed by atoms with Crippen LogP contribution in [0.2, 0.25) is 0 Å². The van der Waals surface area contributed by atoms with Gasteiger partial charge in [0.2, 0.25) is 10.8 Å². The molecule has 4 rings (SSSR count). The van der Waals surface area contributed by atoms with Gasteiger partial charge in [-0.15, -0.1) is 0 Å². The van der Waals surface area contributed by atoms with Crippen LogP contribution in [0.3, 0.4) is 0 Å². The summed E-state index contributed by atoms with van der Waals surface area (Å²) < 4.78 is 21.2. The summed E-state index contributed by atoms with van der Waals surface area (Å²) in [5, 5.41) is 14.7. The Morgan fingerprint density at radius 2 is 2.12 bits per heavy atom. The summed E-state index contributed by atoms with van der Waals surface area (Å²) in [5.74, 6) is -0.207. The zero-order valence-corrected chi connectivity index (χ0v) is 14.8. The van der Waals surface area contributed by atoms with E-state index >= 15 is 0 Å². The van der Waals surface area contributed by atoms with Gasteiger partial charge in [0.05, 0.1) is 0 Å². The number of aromatic nitrogens is 3. The molecule has 2 N–H and O–H groups in total. The summed E-state index contributed by atoms with van der Waals surface area (Å²) in [5.41, 5.74) is 0.830. The van der Waals surface area contributed by atoms with Crippen LogP contribution in [0.1, 0.15) is 30.3 Å². The number of thiazole rings is 1. The van der Waals surface area contributed by atoms with Gasteiger partial charge < -0.3 is 14.7 Å². The number of aromatic hydroxyl groups is 1. The van der Waals surface area contributed by atoms with Crippen molar-refractivity contribution in [2.75, 3.05) is 13.1 Å². The molecule has 0 spiro atoms. The molecule has 0 radical (unpaired) electrons. The molecule has 2 aromatic heterocycles. The molecule has 3 aromatic rings. The van der Waals surface area contributed by atoms with E-state index in [9.17, 15) is 9.50 Å². The fourth-order valence-corrected chi connectivity index (χ4v) is 4.81. The molecule has 3 heterocycles. The second-order valence-corrected chi connectivity index (χ2v) is 7.57. The molecule has 0 amide bonds. The van der Waals surface area contributed by atoms with E-state index in [1.165, 1.54) is 39.2 Å². The van der Waals surface area contributed by atoms with Crippen LogP contribution in [0, 0.1) is 5.82 Å². The first kappa shape index (κ1) is 16.4. The van der Waals surface area contributed by atoms with E-state index in [-0.39, 0.29) is 29.9 Å². The Balaban J connectivity index is 1.83. The molecular formula is C17H20FN4O2S+. The SMILES string of the molecule is C[C@@H]1C[NH+]([C@@H](c2cccc(F)c2)c2sc3ncnn3c2O)C[C@@H](C)O1. The number of rotatable bonds is 3. The molecule has 8 heteroatoms. The van der Waals surface area contributed by atoms with Crippen LogP contribution < -0.4 is 4.90 Å². The Morgan fingerprint density at radius 1 is 1.36 bits per heavy atom. The lowest BCUT2D eigenvalue weighted by Crippen LogP contribution is -3.15. The number of ether oxygens (including phenoxy) is 1. The van der Waals surface area contributed by atoms with Crippen molar-refractivity contribution in [2.24, 2.45) is 0 Å². The normalized spacial score (nSPS) is 25.3. The Hall–Kier alpha value is -2.03. The first-order valence-corrected chi connectivity index (χ1v) is 9.11. The second kappa shape index (κ2) is 6.36. The molecule has 0 unspecified atom stereocenters. The molecule has 0 saturated carbocycles. The maximum absolute atomic E-state index is 13.9. The number of halogens is 1. The average molecular weight is 363 g/mol. The van der Waals surface area contributed by atoms with E-state index in [0.717, 1.165) is 23.5 Å². The smallest absolute Gasteiger partial charge is 0.235 e. The van der Waals surface area contributed by atoms with Gasteiger partial charge in [-0.1, -0.05) is 23.5 Å². The van der Waals surface area contributed by atoms with Crippen LogP contribution >= 0.6 is 11.3 Å². The maximum atomic E-state index is 13.9. The van der Waals surface area contributed by atoms with Crippen molar-refractivity contribution in [3.8, 4) is 5.88 Å². The third-order valence-electron chi connectivity index (χ3n) is 4.56. The number of quaternary nitrogens is 1. The largest absolute Gasteiger partial charge is 0.492 e. The predicted molar refractivity (Wildman–Crippen MR) is 91.5 cm³/mol. The van der Waals surface area contributed by atoms with Crippen molar-refractivity contribution in [3.05, 3.63) is 46.9 Å². The van der Waals surface area contributed by atoms with E-state index < -0.39 is 0 Å². The molecule has 1 aliphatic rings. The van der Waals surface area contributed by atoms with Crippen LogP contribution in [0.25, 0.3) is 4.96 Å². The van der Waals surface area contributed by atoms with Gasteiger partial charge in [-0.05, 0) is 26.0 Å². The molecule has 1 fully saturated rings. The third kappa shape index (κ3) is 3.01. The van der Waals surface area contributed by atoms with E-state index in [2.05, 4.69) is 10.1 Å². The number of hydrogen-bond acceptors (Lipinski definition) is 5. The monoisotopic (exact) mass is 363 g/mol. The van der Waals surface area contributed by atoms with Crippen molar-refractivity contribution < 1.29 is 19.1 Å². The summed E-state index contributed by atoms with van der Waals surface area (Å²) in [4.78, 5) is 6.78. The van der Waals surface area contributed by atoms with Crippen LogP contribution in [-0.4, -0.2) is 45.0 Å². The van der Waals surface area contributed by atoms with Gasteiger partial charge >= 0.3 is 0 Å².